The third kappa shape index (κ3) is 3.65. The standard InChI is InChI=1S/C18H17ClN2O3S/c1-4-14-16(10(2)24-21-14)18(22)23-9-12-7-11-5-6-13(25-3)8-15(11)20-17(12)19/h5-8H,4,9H2,1-3H3. The molecule has 0 saturated carbocycles. The number of rotatable bonds is 5. The number of hydrogen-bond donors (Lipinski definition) is 0. The van der Waals surface area contributed by atoms with Crippen LogP contribution in [0.5, 0.6) is 0 Å². The highest BCUT2D eigenvalue weighted by atomic mass is 35.5. The molecule has 3 rings (SSSR count). The van der Waals surface area contributed by atoms with Crippen LogP contribution in [0.4, 0.5) is 0 Å². The van der Waals surface area contributed by atoms with Crippen LogP contribution in [0.2, 0.25) is 5.15 Å². The Balaban J connectivity index is 1.82. The summed E-state index contributed by atoms with van der Waals surface area (Å²) in [5.41, 5.74) is 2.45. The van der Waals surface area contributed by atoms with Crippen LogP contribution in [0.1, 0.15) is 34.3 Å². The molecule has 0 radical (unpaired) electrons. The number of carbonyl (C=O) groups is 1. The number of nitrogens with zero attached hydrogens (tertiary/aromatic N) is 2. The second-order valence-electron chi connectivity index (χ2n) is 5.49. The summed E-state index contributed by atoms with van der Waals surface area (Å²) < 4.78 is 10.5. The van der Waals surface area contributed by atoms with Crippen molar-refractivity contribution in [2.45, 2.75) is 31.8 Å². The lowest BCUT2D eigenvalue weighted by atomic mass is 10.1. The van der Waals surface area contributed by atoms with Crippen LogP contribution < -0.4 is 0 Å². The minimum absolute atomic E-state index is 0.0403. The lowest BCUT2D eigenvalue weighted by Gasteiger charge is -2.08. The van der Waals surface area contributed by atoms with Crippen LogP contribution in [0.3, 0.4) is 0 Å². The van der Waals surface area contributed by atoms with E-state index >= 15 is 0 Å². The first-order valence-corrected chi connectivity index (χ1v) is 9.39. The van der Waals surface area contributed by atoms with Gasteiger partial charge in [-0.05, 0) is 37.8 Å². The first-order valence-electron chi connectivity index (χ1n) is 7.79. The van der Waals surface area contributed by atoms with Gasteiger partial charge >= 0.3 is 5.97 Å². The van der Waals surface area contributed by atoms with Gasteiger partial charge in [0, 0.05) is 15.8 Å². The summed E-state index contributed by atoms with van der Waals surface area (Å²) in [4.78, 5) is 17.9. The van der Waals surface area contributed by atoms with Gasteiger partial charge in [0.2, 0.25) is 0 Å². The Morgan fingerprint density at radius 1 is 1.36 bits per heavy atom. The quantitative estimate of drug-likeness (QED) is 0.361. The zero-order valence-electron chi connectivity index (χ0n) is 14.1. The Morgan fingerprint density at radius 2 is 2.16 bits per heavy atom. The molecule has 2 heterocycles. The van der Waals surface area contributed by atoms with Gasteiger partial charge in [0.25, 0.3) is 0 Å². The van der Waals surface area contributed by atoms with Crippen molar-refractivity contribution in [3.8, 4) is 0 Å². The van der Waals surface area contributed by atoms with Crippen LogP contribution in [-0.2, 0) is 17.8 Å². The minimum atomic E-state index is -0.468. The molecule has 0 atom stereocenters. The number of esters is 1. The van der Waals surface area contributed by atoms with E-state index in [1.807, 2.05) is 37.4 Å². The Hall–Kier alpha value is -2.05. The number of hydrogen-bond acceptors (Lipinski definition) is 6. The summed E-state index contributed by atoms with van der Waals surface area (Å²) in [6.07, 6.45) is 2.60. The second-order valence-corrected chi connectivity index (χ2v) is 6.72. The molecule has 2 aromatic heterocycles. The fourth-order valence-corrected chi connectivity index (χ4v) is 3.17. The van der Waals surface area contributed by atoms with E-state index in [0.717, 1.165) is 15.8 Å². The van der Waals surface area contributed by atoms with Gasteiger partial charge in [-0.3, -0.25) is 0 Å². The predicted molar refractivity (Wildman–Crippen MR) is 98.3 cm³/mol. The van der Waals surface area contributed by atoms with Gasteiger partial charge in [0.05, 0.1) is 11.2 Å². The normalized spacial score (nSPS) is 11.0. The fraction of sp³-hybridized carbons (Fsp3) is 0.278. The Bertz CT molecular complexity index is 939. The SMILES string of the molecule is CCc1noc(C)c1C(=O)OCc1cc2ccc(SC)cc2nc1Cl. The minimum Gasteiger partial charge on any atom is -0.457 e. The summed E-state index contributed by atoms with van der Waals surface area (Å²) in [5, 5.41) is 5.15. The van der Waals surface area contributed by atoms with Crippen molar-refractivity contribution in [1.29, 1.82) is 0 Å². The van der Waals surface area contributed by atoms with Gasteiger partial charge in [-0.1, -0.05) is 29.7 Å². The van der Waals surface area contributed by atoms with E-state index in [-0.39, 0.29) is 6.61 Å². The Labute approximate surface area is 154 Å². The molecule has 0 aliphatic rings. The maximum absolute atomic E-state index is 12.3. The van der Waals surface area contributed by atoms with Crippen LogP contribution >= 0.6 is 23.4 Å². The van der Waals surface area contributed by atoms with E-state index in [9.17, 15) is 4.79 Å². The van der Waals surface area contributed by atoms with Crippen molar-refractivity contribution in [2.75, 3.05) is 6.26 Å². The molecule has 0 aliphatic heterocycles. The fourth-order valence-electron chi connectivity index (χ4n) is 2.53. The molecular weight excluding hydrogens is 360 g/mol. The van der Waals surface area contributed by atoms with Gasteiger partial charge in [-0.15, -0.1) is 11.8 Å². The Kier molecular flexibility index (Phi) is 5.30. The molecule has 0 fully saturated rings. The number of pyridine rings is 1. The first kappa shape index (κ1) is 17.8. The van der Waals surface area contributed by atoms with Crippen LogP contribution in [-0.4, -0.2) is 22.4 Å². The smallest absolute Gasteiger partial charge is 0.344 e. The molecule has 0 aliphatic carbocycles. The van der Waals surface area contributed by atoms with Crippen molar-refractivity contribution in [3.05, 3.63) is 52.0 Å². The van der Waals surface area contributed by atoms with E-state index in [0.29, 0.717) is 34.2 Å². The molecule has 0 N–H and O–H groups in total. The lowest BCUT2D eigenvalue weighted by molar-refractivity contribution is 0.0469. The van der Waals surface area contributed by atoms with Gasteiger partial charge in [-0.2, -0.15) is 0 Å². The molecule has 0 unspecified atom stereocenters. The number of ether oxygens (including phenoxy) is 1. The number of aromatic nitrogens is 2. The van der Waals surface area contributed by atoms with E-state index in [4.69, 9.17) is 20.9 Å². The molecule has 0 saturated heterocycles. The molecule has 25 heavy (non-hydrogen) atoms. The van der Waals surface area contributed by atoms with Crippen molar-refractivity contribution in [1.82, 2.24) is 10.1 Å². The highest BCUT2D eigenvalue weighted by molar-refractivity contribution is 7.98. The average Bonchev–Trinajstić information content (AvgIpc) is 2.99. The molecule has 0 bridgehead atoms. The van der Waals surface area contributed by atoms with Crippen molar-refractivity contribution >= 4 is 40.2 Å². The molecule has 130 valence electrons. The zero-order chi connectivity index (χ0) is 18.0. The molecule has 5 nitrogen and oxygen atoms in total. The van der Waals surface area contributed by atoms with Crippen LogP contribution in [0, 0.1) is 6.92 Å². The summed E-state index contributed by atoms with van der Waals surface area (Å²) in [5.74, 6) is -0.0151. The predicted octanol–water partition coefficient (Wildman–Crippen LogP) is 4.83. The summed E-state index contributed by atoms with van der Waals surface area (Å²) in [7, 11) is 0. The lowest BCUT2D eigenvalue weighted by Crippen LogP contribution is -2.09. The second kappa shape index (κ2) is 7.45. The summed E-state index contributed by atoms with van der Waals surface area (Å²) in [6.45, 7) is 3.64. The monoisotopic (exact) mass is 376 g/mol. The molecule has 0 amide bonds. The maximum Gasteiger partial charge on any atom is 0.344 e. The van der Waals surface area contributed by atoms with Crippen LogP contribution in [0.25, 0.3) is 10.9 Å². The largest absolute Gasteiger partial charge is 0.457 e. The molecule has 3 aromatic rings. The third-order valence-electron chi connectivity index (χ3n) is 3.88. The summed E-state index contributed by atoms with van der Waals surface area (Å²) in [6, 6.07) is 7.88. The summed E-state index contributed by atoms with van der Waals surface area (Å²) >= 11 is 7.90. The molecule has 0 spiro atoms. The van der Waals surface area contributed by atoms with Gasteiger partial charge in [0.15, 0.2) is 0 Å². The van der Waals surface area contributed by atoms with Gasteiger partial charge in [0.1, 0.15) is 23.1 Å². The maximum atomic E-state index is 12.3. The molecular formula is C18H17ClN2O3S. The van der Waals surface area contributed by atoms with Gasteiger partial charge < -0.3 is 9.26 Å². The first-order chi connectivity index (χ1) is 12.0. The van der Waals surface area contributed by atoms with Crippen molar-refractivity contribution in [3.63, 3.8) is 0 Å². The third-order valence-corrected chi connectivity index (χ3v) is 4.93. The molecule has 1 aromatic carbocycles. The highest BCUT2D eigenvalue weighted by Crippen LogP contribution is 2.25. The highest BCUT2D eigenvalue weighted by Gasteiger charge is 2.21. The number of fused-ring (bicyclic) bond motifs is 1. The number of thioether (sulfide) groups is 1. The zero-order valence-corrected chi connectivity index (χ0v) is 15.7. The van der Waals surface area contributed by atoms with E-state index in [2.05, 4.69) is 10.1 Å². The number of aryl methyl sites for hydroxylation is 2. The average molecular weight is 377 g/mol. The van der Waals surface area contributed by atoms with Crippen molar-refractivity contribution in [2.24, 2.45) is 0 Å². The van der Waals surface area contributed by atoms with E-state index in [1.165, 1.54) is 0 Å². The number of carbonyl (C=O) groups excluding carboxylic acids is 1. The Morgan fingerprint density at radius 3 is 2.88 bits per heavy atom. The topological polar surface area (TPSA) is 65.2 Å². The number of benzene rings is 1. The van der Waals surface area contributed by atoms with E-state index in [1.54, 1.807) is 18.7 Å². The van der Waals surface area contributed by atoms with Gasteiger partial charge in [-0.25, -0.2) is 9.78 Å². The van der Waals surface area contributed by atoms with Crippen molar-refractivity contribution < 1.29 is 14.1 Å². The number of halogens is 1. The van der Waals surface area contributed by atoms with E-state index < -0.39 is 5.97 Å². The molecule has 7 heteroatoms. The van der Waals surface area contributed by atoms with Crippen LogP contribution in [0.15, 0.2) is 33.7 Å².